The van der Waals surface area contributed by atoms with Gasteiger partial charge in [-0.25, -0.2) is 0 Å². The number of hydrogen-bond acceptors (Lipinski definition) is 5. The predicted octanol–water partition coefficient (Wildman–Crippen LogP) is 2.96. The van der Waals surface area contributed by atoms with Crippen molar-refractivity contribution in [2.24, 2.45) is 0 Å². The summed E-state index contributed by atoms with van der Waals surface area (Å²) in [6, 6.07) is 7.03. The van der Waals surface area contributed by atoms with Crippen molar-refractivity contribution in [2.75, 3.05) is 5.75 Å². The molecule has 18 heavy (non-hydrogen) atoms. The molecule has 0 bridgehead atoms. The standard InChI is InChI=1S/C11H9ClN2O3S/c12-8-3-1-7(2-4-8)10-13-14-11(17-10)18-6-5-9(15)16/h1-4H,5-6H2,(H,15,16). The van der Waals surface area contributed by atoms with E-state index in [9.17, 15) is 4.79 Å². The predicted molar refractivity (Wildman–Crippen MR) is 67.7 cm³/mol. The zero-order valence-corrected chi connectivity index (χ0v) is 10.7. The van der Waals surface area contributed by atoms with E-state index < -0.39 is 5.97 Å². The first-order valence-corrected chi connectivity index (χ1v) is 6.45. The Morgan fingerprint density at radius 2 is 2.06 bits per heavy atom. The number of nitrogens with zero attached hydrogens (tertiary/aromatic N) is 2. The Bertz CT molecular complexity index is 541. The highest BCUT2D eigenvalue weighted by Gasteiger charge is 2.09. The molecule has 0 aliphatic carbocycles. The summed E-state index contributed by atoms with van der Waals surface area (Å²) in [6.07, 6.45) is 0.0589. The van der Waals surface area contributed by atoms with Crippen molar-refractivity contribution in [1.82, 2.24) is 10.2 Å². The van der Waals surface area contributed by atoms with Gasteiger partial charge >= 0.3 is 5.97 Å². The first-order chi connectivity index (χ1) is 8.65. The van der Waals surface area contributed by atoms with E-state index in [1.54, 1.807) is 24.3 Å². The molecule has 2 rings (SSSR count). The summed E-state index contributed by atoms with van der Waals surface area (Å²) >= 11 is 7.00. The number of hydrogen-bond donors (Lipinski definition) is 1. The van der Waals surface area contributed by atoms with Crippen LogP contribution in [0, 0.1) is 0 Å². The fraction of sp³-hybridized carbons (Fsp3) is 0.182. The lowest BCUT2D eigenvalue weighted by molar-refractivity contribution is -0.136. The molecule has 7 heteroatoms. The van der Waals surface area contributed by atoms with Crippen LogP contribution in [0.1, 0.15) is 6.42 Å². The highest BCUT2D eigenvalue weighted by atomic mass is 35.5. The van der Waals surface area contributed by atoms with Gasteiger partial charge in [0.1, 0.15) is 0 Å². The van der Waals surface area contributed by atoms with Crippen LogP contribution in [-0.4, -0.2) is 27.0 Å². The summed E-state index contributed by atoms with van der Waals surface area (Å²) in [5, 5.41) is 17.2. The molecule has 2 aromatic rings. The van der Waals surface area contributed by atoms with Crippen LogP contribution in [-0.2, 0) is 4.79 Å². The van der Waals surface area contributed by atoms with Gasteiger partial charge in [0.15, 0.2) is 0 Å². The van der Waals surface area contributed by atoms with Crippen LogP contribution >= 0.6 is 23.4 Å². The van der Waals surface area contributed by atoms with Crippen molar-refractivity contribution in [3.63, 3.8) is 0 Å². The second kappa shape index (κ2) is 5.88. The number of aromatic nitrogens is 2. The molecular formula is C11H9ClN2O3S. The maximum atomic E-state index is 10.4. The van der Waals surface area contributed by atoms with Gasteiger partial charge in [-0.15, -0.1) is 10.2 Å². The van der Waals surface area contributed by atoms with Gasteiger partial charge in [0.05, 0.1) is 6.42 Å². The minimum atomic E-state index is -0.847. The second-order valence-corrected chi connectivity index (χ2v) is 4.85. The van der Waals surface area contributed by atoms with Gasteiger partial charge < -0.3 is 9.52 Å². The van der Waals surface area contributed by atoms with Gasteiger partial charge in [-0.1, -0.05) is 23.4 Å². The summed E-state index contributed by atoms with van der Waals surface area (Å²) in [7, 11) is 0. The number of benzene rings is 1. The minimum Gasteiger partial charge on any atom is -0.481 e. The van der Waals surface area contributed by atoms with Crippen LogP contribution in [0.25, 0.3) is 11.5 Å². The molecule has 5 nitrogen and oxygen atoms in total. The number of rotatable bonds is 5. The van der Waals surface area contributed by atoms with E-state index in [2.05, 4.69) is 10.2 Å². The van der Waals surface area contributed by atoms with Crippen LogP contribution in [0.15, 0.2) is 33.9 Å². The summed E-state index contributed by atoms with van der Waals surface area (Å²) in [4.78, 5) is 10.4. The van der Waals surface area contributed by atoms with E-state index in [4.69, 9.17) is 21.1 Å². The first-order valence-electron chi connectivity index (χ1n) is 5.09. The smallest absolute Gasteiger partial charge is 0.304 e. The molecule has 0 radical (unpaired) electrons. The van der Waals surface area contributed by atoms with E-state index in [0.717, 1.165) is 5.56 Å². The first kappa shape index (κ1) is 12.9. The fourth-order valence-corrected chi connectivity index (χ4v) is 2.02. The van der Waals surface area contributed by atoms with Crippen LogP contribution < -0.4 is 0 Å². The van der Waals surface area contributed by atoms with Crippen molar-refractivity contribution in [2.45, 2.75) is 11.6 Å². The molecule has 0 atom stereocenters. The third kappa shape index (κ3) is 3.48. The highest BCUT2D eigenvalue weighted by molar-refractivity contribution is 7.99. The average molecular weight is 285 g/mol. The second-order valence-electron chi connectivity index (χ2n) is 3.37. The van der Waals surface area contributed by atoms with E-state index >= 15 is 0 Å². The van der Waals surface area contributed by atoms with Crippen LogP contribution in [0.5, 0.6) is 0 Å². The molecule has 0 saturated carbocycles. The quantitative estimate of drug-likeness (QED) is 0.851. The van der Waals surface area contributed by atoms with E-state index in [1.807, 2.05) is 0 Å². The number of thioether (sulfide) groups is 1. The summed E-state index contributed by atoms with van der Waals surface area (Å²) in [5.41, 5.74) is 0.775. The summed E-state index contributed by atoms with van der Waals surface area (Å²) in [5.74, 6) is -0.0538. The fourth-order valence-electron chi connectivity index (χ4n) is 1.20. The number of carboxylic acid groups (broad SMARTS) is 1. The largest absolute Gasteiger partial charge is 0.481 e. The molecule has 1 aromatic heterocycles. The van der Waals surface area contributed by atoms with Gasteiger partial charge in [0.2, 0.25) is 5.89 Å². The average Bonchev–Trinajstić information content (AvgIpc) is 2.78. The Morgan fingerprint density at radius 1 is 1.33 bits per heavy atom. The maximum Gasteiger partial charge on any atom is 0.304 e. The van der Waals surface area contributed by atoms with E-state index in [0.29, 0.717) is 21.9 Å². The molecule has 0 spiro atoms. The number of carbonyl (C=O) groups is 1. The van der Waals surface area contributed by atoms with Crippen molar-refractivity contribution in [1.29, 1.82) is 0 Å². The van der Waals surface area contributed by atoms with Gasteiger partial charge in [0.25, 0.3) is 5.22 Å². The molecule has 0 saturated heterocycles. The lowest BCUT2D eigenvalue weighted by atomic mass is 10.2. The molecule has 1 heterocycles. The highest BCUT2D eigenvalue weighted by Crippen LogP contribution is 2.24. The molecular weight excluding hydrogens is 276 g/mol. The van der Waals surface area contributed by atoms with Gasteiger partial charge in [-0.2, -0.15) is 0 Å². The lowest BCUT2D eigenvalue weighted by Crippen LogP contribution is -1.95. The molecule has 94 valence electrons. The van der Waals surface area contributed by atoms with Gasteiger partial charge in [-0.3, -0.25) is 4.79 Å². The van der Waals surface area contributed by atoms with E-state index in [1.165, 1.54) is 11.8 Å². The number of aliphatic carboxylic acids is 1. The molecule has 0 amide bonds. The number of carboxylic acids is 1. The zero-order chi connectivity index (χ0) is 13.0. The minimum absolute atomic E-state index is 0.0589. The van der Waals surface area contributed by atoms with Crippen molar-refractivity contribution >= 4 is 29.3 Å². The van der Waals surface area contributed by atoms with Crippen molar-refractivity contribution < 1.29 is 14.3 Å². The lowest BCUT2D eigenvalue weighted by Gasteiger charge is -1.94. The third-order valence-corrected chi connectivity index (χ3v) is 3.11. The zero-order valence-electron chi connectivity index (χ0n) is 9.17. The number of halogens is 1. The Morgan fingerprint density at radius 3 is 2.72 bits per heavy atom. The molecule has 0 fully saturated rings. The Kier molecular flexibility index (Phi) is 4.22. The molecule has 1 N–H and O–H groups in total. The van der Waals surface area contributed by atoms with E-state index in [-0.39, 0.29) is 6.42 Å². The normalized spacial score (nSPS) is 10.5. The molecule has 0 aliphatic heterocycles. The monoisotopic (exact) mass is 284 g/mol. The topological polar surface area (TPSA) is 76.2 Å². The summed E-state index contributed by atoms with van der Waals surface area (Å²) < 4.78 is 5.40. The van der Waals surface area contributed by atoms with Crippen LogP contribution in [0.3, 0.4) is 0 Å². The SMILES string of the molecule is O=C(O)CCSc1nnc(-c2ccc(Cl)cc2)o1. The molecule has 0 aliphatic rings. The molecule has 1 aromatic carbocycles. The summed E-state index contributed by atoms with van der Waals surface area (Å²) in [6.45, 7) is 0. The van der Waals surface area contributed by atoms with Crippen molar-refractivity contribution in [3.05, 3.63) is 29.3 Å². The van der Waals surface area contributed by atoms with Crippen LogP contribution in [0.2, 0.25) is 5.02 Å². The molecule has 0 unspecified atom stereocenters. The maximum absolute atomic E-state index is 10.4. The Labute approximate surface area is 112 Å². The Balaban J connectivity index is 2.01. The van der Waals surface area contributed by atoms with Gasteiger partial charge in [0, 0.05) is 16.3 Å². The van der Waals surface area contributed by atoms with Gasteiger partial charge in [-0.05, 0) is 24.3 Å². The Hall–Kier alpha value is -1.53. The van der Waals surface area contributed by atoms with Crippen LogP contribution in [0.4, 0.5) is 0 Å². The van der Waals surface area contributed by atoms with Crippen molar-refractivity contribution in [3.8, 4) is 11.5 Å². The third-order valence-electron chi connectivity index (χ3n) is 2.04.